The van der Waals surface area contributed by atoms with Crippen molar-refractivity contribution in [3.63, 3.8) is 0 Å². The molecule has 0 unspecified atom stereocenters. The van der Waals surface area contributed by atoms with Crippen LogP contribution in [0.2, 0.25) is 0 Å². The van der Waals surface area contributed by atoms with Crippen LogP contribution in [-0.4, -0.2) is 52.3 Å². The number of rotatable bonds is 2. The minimum absolute atomic E-state index is 0.122. The number of H-pyrrole nitrogens is 1. The van der Waals surface area contributed by atoms with Crippen LogP contribution in [0, 0.1) is 13.8 Å². The molecule has 0 aliphatic carbocycles. The van der Waals surface area contributed by atoms with Gasteiger partial charge in [-0.3, -0.25) is 0 Å². The van der Waals surface area contributed by atoms with Crippen molar-refractivity contribution in [1.82, 2.24) is 15.0 Å². The van der Waals surface area contributed by atoms with E-state index in [9.17, 15) is 4.79 Å². The number of nitrogens with one attached hydrogen (secondary N) is 1. The lowest BCUT2D eigenvalue weighted by Gasteiger charge is -2.25. The number of hydrogen-bond acceptors (Lipinski definition) is 7. The third kappa shape index (κ3) is 4.12. The molecule has 2 aromatic heterocycles. The fraction of sp³-hybridized carbons (Fsp3) is 0.353. The van der Waals surface area contributed by atoms with Gasteiger partial charge in [0, 0.05) is 18.5 Å². The summed E-state index contributed by atoms with van der Waals surface area (Å²) in [6.07, 6.45) is 0. The number of benzene rings is 1. The highest BCUT2D eigenvalue weighted by Crippen LogP contribution is 2.21. The first-order valence-electron chi connectivity index (χ1n) is 8.18. The van der Waals surface area contributed by atoms with Crippen molar-refractivity contribution in [3.8, 4) is 0 Å². The van der Waals surface area contributed by atoms with Crippen molar-refractivity contribution >= 4 is 39.4 Å². The van der Waals surface area contributed by atoms with Gasteiger partial charge in [-0.1, -0.05) is 0 Å². The Labute approximate surface area is 154 Å². The summed E-state index contributed by atoms with van der Waals surface area (Å²) in [5, 5.41) is 11.0. The maximum atomic E-state index is 10.6. The number of aromatic amines is 1. The molecule has 1 aliphatic rings. The van der Waals surface area contributed by atoms with Gasteiger partial charge >= 0.3 is 5.97 Å². The summed E-state index contributed by atoms with van der Waals surface area (Å²) in [6.45, 7) is 7.08. The minimum Gasteiger partial charge on any atom is -0.476 e. The number of hydrogen-bond donors (Lipinski definition) is 3. The summed E-state index contributed by atoms with van der Waals surface area (Å²) >= 11 is 1.36. The Bertz CT molecular complexity index is 875. The molecule has 0 saturated carbocycles. The SMILES string of the molecule is Cc1cc2nc(N)[nH]c2cc1C.O=C(O)c1csc(N2CCOCC2)n1. The van der Waals surface area contributed by atoms with Crippen LogP contribution in [0.15, 0.2) is 17.5 Å². The summed E-state index contributed by atoms with van der Waals surface area (Å²) in [6, 6.07) is 4.10. The van der Waals surface area contributed by atoms with E-state index in [1.807, 2.05) is 11.0 Å². The van der Waals surface area contributed by atoms with E-state index >= 15 is 0 Å². The molecule has 1 fully saturated rings. The molecule has 9 heteroatoms. The summed E-state index contributed by atoms with van der Waals surface area (Å²) in [5.41, 5.74) is 10.1. The van der Waals surface area contributed by atoms with Crippen molar-refractivity contribution in [2.45, 2.75) is 13.8 Å². The van der Waals surface area contributed by atoms with Gasteiger partial charge in [0.2, 0.25) is 0 Å². The van der Waals surface area contributed by atoms with Gasteiger partial charge in [-0.05, 0) is 37.1 Å². The van der Waals surface area contributed by atoms with Crippen LogP contribution < -0.4 is 10.6 Å². The fourth-order valence-corrected chi connectivity index (χ4v) is 3.40. The van der Waals surface area contributed by atoms with Gasteiger partial charge in [-0.25, -0.2) is 14.8 Å². The third-order valence-electron chi connectivity index (χ3n) is 4.11. The normalized spacial score (nSPS) is 14.2. The molecule has 1 aliphatic heterocycles. The Morgan fingerprint density at radius 3 is 2.62 bits per heavy atom. The van der Waals surface area contributed by atoms with Gasteiger partial charge in [-0.2, -0.15) is 0 Å². The number of aromatic carboxylic acids is 1. The van der Waals surface area contributed by atoms with Crippen LogP contribution in [0.4, 0.5) is 11.1 Å². The predicted octanol–water partition coefficient (Wildman–Crippen LogP) is 2.44. The molecule has 8 nitrogen and oxygen atoms in total. The number of imidazole rings is 1. The summed E-state index contributed by atoms with van der Waals surface area (Å²) in [4.78, 5) is 23.8. The Hall–Kier alpha value is -2.65. The lowest BCUT2D eigenvalue weighted by molar-refractivity contribution is 0.0691. The van der Waals surface area contributed by atoms with Crippen LogP contribution in [0.3, 0.4) is 0 Å². The van der Waals surface area contributed by atoms with E-state index in [1.54, 1.807) is 5.38 Å². The number of nitrogens with two attached hydrogens (primary N) is 1. The molecule has 1 saturated heterocycles. The fourth-order valence-electron chi connectivity index (χ4n) is 2.55. The summed E-state index contributed by atoms with van der Waals surface area (Å²) in [5.74, 6) is -0.490. The Balaban J connectivity index is 0.000000152. The molecule has 0 atom stereocenters. The highest BCUT2D eigenvalue weighted by atomic mass is 32.1. The number of carbonyl (C=O) groups is 1. The van der Waals surface area contributed by atoms with E-state index in [4.69, 9.17) is 15.6 Å². The molecule has 138 valence electrons. The molecule has 1 aromatic carbocycles. The highest BCUT2D eigenvalue weighted by Gasteiger charge is 2.16. The van der Waals surface area contributed by atoms with E-state index in [0.29, 0.717) is 19.2 Å². The smallest absolute Gasteiger partial charge is 0.355 e. The first-order valence-corrected chi connectivity index (χ1v) is 9.06. The van der Waals surface area contributed by atoms with Gasteiger partial charge in [0.05, 0.1) is 24.2 Å². The van der Waals surface area contributed by atoms with Gasteiger partial charge in [0.25, 0.3) is 0 Å². The topological polar surface area (TPSA) is 117 Å². The van der Waals surface area contributed by atoms with E-state index in [1.165, 1.54) is 22.5 Å². The molecule has 0 radical (unpaired) electrons. The molecule has 0 bridgehead atoms. The molecular weight excluding hydrogens is 354 g/mol. The lowest BCUT2D eigenvalue weighted by Crippen LogP contribution is -2.36. The monoisotopic (exact) mass is 375 g/mol. The number of carboxylic acid groups (broad SMARTS) is 1. The number of nitrogens with zero attached hydrogens (tertiary/aromatic N) is 3. The van der Waals surface area contributed by atoms with Crippen molar-refractivity contribution in [1.29, 1.82) is 0 Å². The second-order valence-corrected chi connectivity index (χ2v) is 6.83. The van der Waals surface area contributed by atoms with Crippen LogP contribution in [0.1, 0.15) is 21.6 Å². The number of thiazole rings is 1. The highest BCUT2D eigenvalue weighted by molar-refractivity contribution is 7.13. The third-order valence-corrected chi connectivity index (χ3v) is 5.01. The predicted molar refractivity (Wildman–Crippen MR) is 102 cm³/mol. The molecule has 3 aromatic rings. The maximum Gasteiger partial charge on any atom is 0.355 e. The van der Waals surface area contributed by atoms with E-state index < -0.39 is 5.97 Å². The number of carboxylic acids is 1. The second kappa shape index (κ2) is 7.71. The van der Waals surface area contributed by atoms with Crippen molar-refractivity contribution < 1.29 is 14.6 Å². The zero-order valence-corrected chi connectivity index (χ0v) is 15.5. The molecule has 0 amide bonds. The Morgan fingerprint density at radius 2 is 1.96 bits per heavy atom. The average Bonchev–Trinajstić information content (AvgIpc) is 3.23. The van der Waals surface area contributed by atoms with Gasteiger partial charge in [0.15, 0.2) is 16.8 Å². The van der Waals surface area contributed by atoms with Crippen molar-refractivity contribution in [3.05, 3.63) is 34.3 Å². The molecule has 4 N–H and O–H groups in total. The number of ether oxygens (including phenoxy) is 1. The molecular formula is C17H21N5O3S. The Morgan fingerprint density at radius 1 is 1.27 bits per heavy atom. The molecule has 4 rings (SSSR count). The van der Waals surface area contributed by atoms with Gasteiger partial charge < -0.3 is 25.5 Å². The number of anilines is 2. The first kappa shape index (κ1) is 18.2. The Kier molecular flexibility index (Phi) is 5.38. The van der Waals surface area contributed by atoms with E-state index in [2.05, 4.69) is 34.9 Å². The minimum atomic E-state index is -0.972. The summed E-state index contributed by atoms with van der Waals surface area (Å²) < 4.78 is 5.19. The molecule has 26 heavy (non-hydrogen) atoms. The van der Waals surface area contributed by atoms with Crippen LogP contribution >= 0.6 is 11.3 Å². The van der Waals surface area contributed by atoms with E-state index in [-0.39, 0.29) is 5.69 Å². The second-order valence-electron chi connectivity index (χ2n) is 6.00. The summed E-state index contributed by atoms with van der Waals surface area (Å²) in [7, 11) is 0. The quantitative estimate of drug-likeness (QED) is 0.629. The maximum absolute atomic E-state index is 10.6. The molecule has 0 spiro atoms. The zero-order chi connectivity index (χ0) is 18.7. The van der Waals surface area contributed by atoms with Crippen LogP contribution in [0.25, 0.3) is 11.0 Å². The number of aromatic nitrogens is 3. The van der Waals surface area contributed by atoms with Crippen LogP contribution in [-0.2, 0) is 4.74 Å². The number of fused-ring (bicyclic) bond motifs is 1. The van der Waals surface area contributed by atoms with Crippen molar-refractivity contribution in [2.75, 3.05) is 36.9 Å². The largest absolute Gasteiger partial charge is 0.476 e. The van der Waals surface area contributed by atoms with Crippen LogP contribution in [0.5, 0.6) is 0 Å². The van der Waals surface area contributed by atoms with Gasteiger partial charge in [0.1, 0.15) is 0 Å². The average molecular weight is 375 g/mol. The lowest BCUT2D eigenvalue weighted by atomic mass is 10.1. The van der Waals surface area contributed by atoms with E-state index in [0.717, 1.165) is 29.3 Å². The zero-order valence-electron chi connectivity index (χ0n) is 14.7. The van der Waals surface area contributed by atoms with Crippen molar-refractivity contribution in [2.24, 2.45) is 0 Å². The van der Waals surface area contributed by atoms with Gasteiger partial charge in [-0.15, -0.1) is 11.3 Å². The first-order chi connectivity index (χ1) is 12.4. The number of nitrogen functional groups attached to an aromatic ring is 1. The standard InChI is InChI=1S/C9H11N3.C8H10N2O3S/c1-5-3-7-8(4-6(5)2)12-9(10)11-7;11-7(12)6-5-14-8(9-6)10-1-3-13-4-2-10/h3-4H,1-2H3,(H3,10,11,12);5H,1-4H2,(H,11,12). The number of aryl methyl sites for hydroxylation is 2. The number of morpholine rings is 1. The molecule has 3 heterocycles.